The van der Waals surface area contributed by atoms with E-state index in [0.29, 0.717) is 11.5 Å². The summed E-state index contributed by atoms with van der Waals surface area (Å²) in [4.78, 5) is 0.196. The second kappa shape index (κ2) is 12.1. The molecule has 0 unspecified atom stereocenters. The van der Waals surface area contributed by atoms with Crippen LogP contribution < -0.4 is 18.5 Å². The number of benzene rings is 3. The Hall–Kier alpha value is -3.32. The summed E-state index contributed by atoms with van der Waals surface area (Å²) in [5.74, 6) is 0.829. The van der Waals surface area contributed by atoms with Crippen molar-refractivity contribution >= 4 is 19.5 Å². The summed E-state index contributed by atoms with van der Waals surface area (Å²) in [7, 11) is -1.31. The average molecular weight is 538 g/mol. The highest BCUT2D eigenvalue weighted by molar-refractivity contribution is 7.97. The molecular formula is C24H22F3N2O5PS. The zero-order chi connectivity index (χ0) is 26.2. The Morgan fingerprint density at radius 2 is 1.42 bits per heavy atom. The maximum absolute atomic E-state index is 14.1. The number of rotatable bonds is 11. The first kappa shape index (κ1) is 27.3. The van der Waals surface area contributed by atoms with Gasteiger partial charge in [-0.25, -0.2) is 8.87 Å². The summed E-state index contributed by atoms with van der Waals surface area (Å²) in [6.45, 7) is -0.282. The third-order valence-corrected chi connectivity index (χ3v) is 7.40. The van der Waals surface area contributed by atoms with Crippen LogP contribution in [0.3, 0.4) is 0 Å². The van der Waals surface area contributed by atoms with Crippen molar-refractivity contribution in [3.8, 4) is 29.1 Å². The molecule has 0 aliphatic heterocycles. The van der Waals surface area contributed by atoms with Crippen molar-refractivity contribution in [3.05, 3.63) is 78.4 Å². The molecule has 3 aromatic rings. The van der Waals surface area contributed by atoms with Crippen molar-refractivity contribution < 1.29 is 36.3 Å². The minimum atomic E-state index is -4.54. The molecule has 0 aromatic heterocycles. The van der Waals surface area contributed by atoms with Gasteiger partial charge in [-0.2, -0.15) is 18.4 Å². The Bertz CT molecular complexity index is 1220. The van der Waals surface area contributed by atoms with Crippen molar-refractivity contribution in [3.63, 3.8) is 0 Å². The number of hydrogen-bond donors (Lipinski definition) is 0. The van der Waals surface area contributed by atoms with E-state index in [2.05, 4.69) is 0 Å². The molecule has 190 valence electrons. The molecule has 0 heterocycles. The monoisotopic (exact) mass is 538 g/mol. The number of nitriles is 1. The van der Waals surface area contributed by atoms with Crippen molar-refractivity contribution in [2.24, 2.45) is 0 Å². The lowest BCUT2D eigenvalue weighted by Crippen LogP contribution is -2.22. The highest BCUT2D eigenvalue weighted by atomic mass is 32.2. The van der Waals surface area contributed by atoms with Gasteiger partial charge in [-0.05, 0) is 54.4 Å². The normalized spacial score (nSPS) is 11.6. The Morgan fingerprint density at radius 3 is 1.89 bits per heavy atom. The SMILES string of the molecule is COc1ccccc1OP(=O)(CN(CC#N)Sc1cccc(C(F)(F)F)c1)Oc1ccccc1OC. The fraction of sp³-hybridized carbons (Fsp3) is 0.208. The van der Waals surface area contributed by atoms with Crippen LogP contribution in [0.2, 0.25) is 0 Å². The molecule has 0 saturated heterocycles. The van der Waals surface area contributed by atoms with Gasteiger partial charge < -0.3 is 18.5 Å². The minimum absolute atomic E-state index is 0.124. The molecular weight excluding hydrogens is 516 g/mol. The molecule has 0 aliphatic rings. The van der Waals surface area contributed by atoms with E-state index >= 15 is 0 Å². The van der Waals surface area contributed by atoms with Crippen LogP contribution in [0.5, 0.6) is 23.0 Å². The second-order valence-corrected chi connectivity index (χ2v) is 10.2. The number of halogens is 3. The molecule has 0 saturated carbocycles. The van der Waals surface area contributed by atoms with Gasteiger partial charge in [0, 0.05) is 4.90 Å². The van der Waals surface area contributed by atoms with E-state index in [1.807, 2.05) is 6.07 Å². The van der Waals surface area contributed by atoms with Crippen molar-refractivity contribution in [2.75, 3.05) is 27.1 Å². The molecule has 0 aliphatic carbocycles. The third-order valence-electron chi connectivity index (χ3n) is 4.59. The Balaban J connectivity index is 1.96. The maximum Gasteiger partial charge on any atom is 0.445 e. The molecule has 3 rings (SSSR count). The molecule has 3 aromatic carbocycles. The largest absolute Gasteiger partial charge is 0.493 e. The van der Waals surface area contributed by atoms with Crippen LogP contribution in [0.15, 0.2) is 77.7 Å². The topological polar surface area (TPSA) is 81.0 Å². The Morgan fingerprint density at radius 1 is 0.889 bits per heavy atom. The second-order valence-electron chi connectivity index (χ2n) is 7.15. The van der Waals surface area contributed by atoms with Crippen molar-refractivity contribution in [1.82, 2.24) is 4.31 Å². The lowest BCUT2D eigenvalue weighted by Gasteiger charge is -2.26. The molecule has 0 amide bonds. The Kier molecular flexibility index (Phi) is 9.15. The van der Waals surface area contributed by atoms with Gasteiger partial charge in [0.1, 0.15) is 6.29 Å². The lowest BCUT2D eigenvalue weighted by molar-refractivity contribution is -0.137. The summed E-state index contributed by atoms with van der Waals surface area (Å²) < 4.78 is 77.1. The summed E-state index contributed by atoms with van der Waals surface area (Å²) in [6.07, 6.45) is -4.98. The van der Waals surface area contributed by atoms with Crippen LogP contribution in [0, 0.1) is 11.3 Å². The van der Waals surface area contributed by atoms with E-state index in [9.17, 15) is 23.0 Å². The van der Waals surface area contributed by atoms with Crippen LogP contribution in [0.1, 0.15) is 5.56 Å². The molecule has 0 radical (unpaired) electrons. The fourth-order valence-corrected chi connectivity index (χ4v) is 5.96. The standard InChI is InChI=1S/C24H22F3N2O5PS/c1-31-20-10-3-5-12-22(20)33-35(30,34-23-13-6-4-11-21(23)32-2)17-29(15-14-28)36-19-9-7-8-18(16-19)24(25,26)27/h3-13,16H,15,17H2,1-2H3. The van der Waals surface area contributed by atoms with Gasteiger partial charge in [0.2, 0.25) is 0 Å². The fourth-order valence-electron chi connectivity index (χ4n) is 3.03. The molecule has 0 N–H and O–H groups in total. The number of ether oxygens (including phenoxy) is 2. The third kappa shape index (κ3) is 7.34. The molecule has 36 heavy (non-hydrogen) atoms. The molecule has 0 bridgehead atoms. The van der Waals surface area contributed by atoms with Gasteiger partial charge in [-0.3, -0.25) is 0 Å². The van der Waals surface area contributed by atoms with Gasteiger partial charge in [0.15, 0.2) is 23.0 Å². The quantitative estimate of drug-likeness (QED) is 0.149. The molecule has 0 atom stereocenters. The summed E-state index contributed by atoms with van der Waals surface area (Å²) in [5, 5.41) is 9.34. The number of methoxy groups -OCH3 is 2. The summed E-state index contributed by atoms with van der Waals surface area (Å²) >= 11 is 0.828. The average Bonchev–Trinajstić information content (AvgIpc) is 2.84. The Labute approximate surface area is 211 Å². The van der Waals surface area contributed by atoms with Crippen LogP contribution in [-0.4, -0.2) is 31.4 Å². The van der Waals surface area contributed by atoms with Gasteiger partial charge in [0.25, 0.3) is 0 Å². The van der Waals surface area contributed by atoms with E-state index in [-0.39, 0.29) is 22.9 Å². The summed E-state index contributed by atoms with van der Waals surface area (Å²) in [6, 6.07) is 19.5. The van der Waals surface area contributed by atoms with Gasteiger partial charge in [-0.15, -0.1) is 0 Å². The predicted octanol–water partition coefficient (Wildman–Crippen LogP) is 6.86. The van der Waals surface area contributed by atoms with E-state index in [4.69, 9.17) is 18.5 Å². The van der Waals surface area contributed by atoms with Crippen LogP contribution >= 0.6 is 19.5 Å². The molecule has 0 fully saturated rings. The number of hydrogen-bond acceptors (Lipinski definition) is 8. The first-order valence-corrected chi connectivity index (χ1v) is 12.9. The minimum Gasteiger partial charge on any atom is -0.493 e. The molecule has 12 heteroatoms. The number of nitrogens with zero attached hydrogens (tertiary/aromatic N) is 2. The van der Waals surface area contributed by atoms with Crippen molar-refractivity contribution in [2.45, 2.75) is 11.1 Å². The van der Waals surface area contributed by atoms with Crippen LogP contribution in [0.25, 0.3) is 0 Å². The van der Waals surface area contributed by atoms with Crippen LogP contribution in [0.4, 0.5) is 13.2 Å². The maximum atomic E-state index is 14.1. The predicted molar refractivity (Wildman–Crippen MR) is 129 cm³/mol. The number of alkyl halides is 3. The summed E-state index contributed by atoms with van der Waals surface area (Å²) in [5.41, 5.74) is -0.844. The van der Waals surface area contributed by atoms with E-state index in [0.717, 1.165) is 24.1 Å². The highest BCUT2D eigenvalue weighted by Gasteiger charge is 2.35. The number of para-hydroxylation sites is 4. The van der Waals surface area contributed by atoms with Crippen LogP contribution in [-0.2, 0) is 10.7 Å². The lowest BCUT2D eigenvalue weighted by atomic mass is 10.2. The molecule has 7 nitrogen and oxygen atoms in total. The highest BCUT2D eigenvalue weighted by Crippen LogP contribution is 2.53. The first-order chi connectivity index (χ1) is 17.2. The van der Waals surface area contributed by atoms with Gasteiger partial charge in [0.05, 0.1) is 32.4 Å². The zero-order valence-electron chi connectivity index (χ0n) is 19.3. The zero-order valence-corrected chi connectivity index (χ0v) is 21.0. The van der Waals surface area contributed by atoms with Gasteiger partial charge in [-0.1, -0.05) is 30.3 Å². The smallest absolute Gasteiger partial charge is 0.445 e. The molecule has 0 spiro atoms. The van der Waals surface area contributed by atoms with Gasteiger partial charge >= 0.3 is 13.8 Å². The van der Waals surface area contributed by atoms with E-state index in [1.165, 1.54) is 42.8 Å². The van der Waals surface area contributed by atoms with E-state index in [1.54, 1.807) is 36.4 Å². The first-order valence-electron chi connectivity index (χ1n) is 10.4. The van der Waals surface area contributed by atoms with E-state index < -0.39 is 25.6 Å². The van der Waals surface area contributed by atoms with Crippen molar-refractivity contribution in [1.29, 1.82) is 5.26 Å².